The summed E-state index contributed by atoms with van der Waals surface area (Å²) in [6, 6.07) is 9.69. The lowest BCUT2D eigenvalue weighted by Crippen LogP contribution is -2.20. The first-order chi connectivity index (χ1) is 14.2. The van der Waals surface area contributed by atoms with Crippen LogP contribution in [0.1, 0.15) is 11.1 Å². The van der Waals surface area contributed by atoms with Gasteiger partial charge in [0.05, 0.1) is 12.8 Å². The summed E-state index contributed by atoms with van der Waals surface area (Å²) in [6.07, 6.45) is -0.0765. The van der Waals surface area contributed by atoms with E-state index >= 15 is 0 Å². The van der Waals surface area contributed by atoms with Crippen LogP contribution in [0.25, 0.3) is 6.08 Å². The Kier molecular flexibility index (Phi) is 7.91. The van der Waals surface area contributed by atoms with E-state index in [0.29, 0.717) is 29.2 Å². The van der Waals surface area contributed by atoms with E-state index in [-0.39, 0.29) is 11.4 Å². The van der Waals surface area contributed by atoms with Crippen molar-refractivity contribution in [3.8, 4) is 17.2 Å². The van der Waals surface area contributed by atoms with Crippen molar-refractivity contribution in [2.75, 3.05) is 25.6 Å². The zero-order chi connectivity index (χ0) is 22.1. The quantitative estimate of drug-likeness (QED) is 0.449. The molecule has 5 nitrogen and oxygen atoms in total. The Morgan fingerprint density at radius 2 is 1.87 bits per heavy atom. The maximum Gasteiger partial charge on any atom is 0.422 e. The fourth-order valence-electron chi connectivity index (χ4n) is 2.41. The number of carbonyl (C=O) groups is 1. The maximum absolute atomic E-state index is 12.5. The van der Waals surface area contributed by atoms with Gasteiger partial charge in [-0.2, -0.15) is 13.2 Å². The van der Waals surface area contributed by atoms with Crippen LogP contribution < -0.4 is 19.5 Å². The number of halogens is 3. The van der Waals surface area contributed by atoms with Gasteiger partial charge in [0.25, 0.3) is 0 Å². The summed E-state index contributed by atoms with van der Waals surface area (Å²) in [7, 11) is 1.50. The van der Waals surface area contributed by atoms with Gasteiger partial charge in [-0.15, -0.1) is 0 Å². The second-order valence-corrected chi connectivity index (χ2v) is 6.24. The molecule has 0 aromatic heterocycles. The van der Waals surface area contributed by atoms with E-state index in [1.807, 2.05) is 0 Å². The highest BCUT2D eigenvalue weighted by Crippen LogP contribution is 2.29. The van der Waals surface area contributed by atoms with Crippen LogP contribution in [0.2, 0.25) is 0 Å². The standard InChI is InChI=1S/C22H22F3NO4/c1-4-11-29-18-9-6-16(13-20(18)28-3)7-10-21(27)26-17-8-5-15(2)12-19(17)30-14-22(23,24)25/h4-10,12-13H,1,11,14H2,2-3H3,(H,26,27)/b10-7+. The number of ether oxygens (including phenoxy) is 3. The van der Waals surface area contributed by atoms with Crippen LogP contribution >= 0.6 is 0 Å². The summed E-state index contributed by atoms with van der Waals surface area (Å²) in [4.78, 5) is 12.2. The third kappa shape index (κ3) is 7.20. The molecule has 2 aromatic rings. The largest absolute Gasteiger partial charge is 0.493 e. The number of nitrogens with one attached hydrogen (secondary N) is 1. The van der Waals surface area contributed by atoms with Crippen molar-refractivity contribution in [1.82, 2.24) is 0 Å². The Balaban J connectivity index is 2.10. The molecule has 0 spiro atoms. The van der Waals surface area contributed by atoms with Gasteiger partial charge in [0, 0.05) is 6.08 Å². The summed E-state index contributed by atoms with van der Waals surface area (Å²) in [6.45, 7) is 4.16. The summed E-state index contributed by atoms with van der Waals surface area (Å²) in [5, 5.41) is 2.53. The minimum atomic E-state index is -4.48. The van der Waals surface area contributed by atoms with Crippen LogP contribution in [0.3, 0.4) is 0 Å². The number of alkyl halides is 3. The third-order valence-corrected chi connectivity index (χ3v) is 3.76. The van der Waals surface area contributed by atoms with Gasteiger partial charge in [-0.3, -0.25) is 4.79 Å². The number of benzene rings is 2. The van der Waals surface area contributed by atoms with Gasteiger partial charge in [0.1, 0.15) is 12.4 Å². The van der Waals surface area contributed by atoms with Crippen molar-refractivity contribution in [2.24, 2.45) is 0 Å². The van der Waals surface area contributed by atoms with Gasteiger partial charge in [0.15, 0.2) is 18.1 Å². The number of hydrogen-bond acceptors (Lipinski definition) is 4. The highest BCUT2D eigenvalue weighted by molar-refractivity contribution is 6.02. The van der Waals surface area contributed by atoms with Crippen LogP contribution in [0.4, 0.5) is 18.9 Å². The smallest absolute Gasteiger partial charge is 0.422 e. The number of rotatable bonds is 9. The Bertz CT molecular complexity index is 923. The summed E-state index contributed by atoms with van der Waals surface area (Å²) in [5.74, 6) is 0.437. The van der Waals surface area contributed by atoms with Crippen LogP contribution in [0.15, 0.2) is 55.1 Å². The van der Waals surface area contributed by atoms with Gasteiger partial charge in [-0.1, -0.05) is 24.8 Å². The lowest BCUT2D eigenvalue weighted by atomic mass is 10.2. The fourth-order valence-corrected chi connectivity index (χ4v) is 2.41. The SMILES string of the molecule is C=CCOc1ccc(/C=C/C(=O)Nc2ccc(C)cc2OCC(F)(F)F)cc1OC. The molecule has 0 saturated heterocycles. The molecule has 30 heavy (non-hydrogen) atoms. The van der Waals surface area contributed by atoms with Gasteiger partial charge < -0.3 is 19.5 Å². The first-order valence-electron chi connectivity index (χ1n) is 8.93. The molecule has 2 aromatic carbocycles. The number of hydrogen-bond donors (Lipinski definition) is 1. The molecule has 0 radical (unpaired) electrons. The van der Waals surface area contributed by atoms with Crippen molar-refractivity contribution in [2.45, 2.75) is 13.1 Å². The molecule has 0 atom stereocenters. The van der Waals surface area contributed by atoms with Crippen LogP contribution in [0.5, 0.6) is 17.2 Å². The normalized spacial score (nSPS) is 11.2. The second-order valence-electron chi connectivity index (χ2n) is 6.24. The Morgan fingerprint density at radius 3 is 2.53 bits per heavy atom. The van der Waals surface area contributed by atoms with Gasteiger partial charge in [-0.25, -0.2) is 0 Å². The minimum absolute atomic E-state index is 0.0561. The van der Waals surface area contributed by atoms with Crippen molar-refractivity contribution < 1.29 is 32.2 Å². The topological polar surface area (TPSA) is 56.8 Å². The van der Waals surface area contributed by atoms with Crippen molar-refractivity contribution >= 4 is 17.7 Å². The predicted molar refractivity (Wildman–Crippen MR) is 109 cm³/mol. The number of methoxy groups -OCH3 is 1. The van der Waals surface area contributed by atoms with E-state index in [1.165, 1.54) is 25.3 Å². The lowest BCUT2D eigenvalue weighted by molar-refractivity contribution is -0.153. The van der Waals surface area contributed by atoms with Crippen LogP contribution in [-0.4, -0.2) is 32.4 Å². The van der Waals surface area contributed by atoms with Crippen molar-refractivity contribution in [1.29, 1.82) is 0 Å². The molecule has 0 aliphatic rings. The molecule has 160 valence electrons. The molecule has 0 aliphatic heterocycles. The van der Waals surface area contributed by atoms with Gasteiger partial charge in [0.2, 0.25) is 5.91 Å². The number of carbonyl (C=O) groups excluding carboxylic acids is 1. The van der Waals surface area contributed by atoms with E-state index in [1.54, 1.807) is 43.3 Å². The number of aryl methyl sites for hydroxylation is 1. The molecule has 0 bridgehead atoms. The fraction of sp³-hybridized carbons (Fsp3) is 0.227. The Morgan fingerprint density at radius 1 is 1.10 bits per heavy atom. The molecular formula is C22H22F3NO4. The summed E-state index contributed by atoms with van der Waals surface area (Å²) >= 11 is 0. The summed E-state index contributed by atoms with van der Waals surface area (Å²) < 4.78 is 52.9. The van der Waals surface area contributed by atoms with Crippen LogP contribution in [-0.2, 0) is 4.79 Å². The molecule has 2 rings (SSSR count). The Labute approximate surface area is 172 Å². The zero-order valence-electron chi connectivity index (χ0n) is 16.6. The molecule has 1 amide bonds. The summed E-state index contributed by atoms with van der Waals surface area (Å²) in [5.41, 5.74) is 1.52. The molecule has 0 unspecified atom stereocenters. The molecule has 0 heterocycles. The van der Waals surface area contributed by atoms with E-state index < -0.39 is 18.7 Å². The minimum Gasteiger partial charge on any atom is -0.493 e. The molecule has 0 aliphatic carbocycles. The van der Waals surface area contributed by atoms with E-state index in [4.69, 9.17) is 14.2 Å². The molecular weight excluding hydrogens is 399 g/mol. The molecule has 8 heteroatoms. The average molecular weight is 421 g/mol. The van der Waals surface area contributed by atoms with Crippen molar-refractivity contribution in [3.63, 3.8) is 0 Å². The molecule has 0 saturated carbocycles. The first-order valence-corrected chi connectivity index (χ1v) is 8.93. The van der Waals surface area contributed by atoms with Gasteiger partial charge in [-0.05, 0) is 48.4 Å². The highest BCUT2D eigenvalue weighted by atomic mass is 19.4. The average Bonchev–Trinajstić information content (AvgIpc) is 2.70. The first kappa shape index (κ1) is 22.9. The molecule has 0 fully saturated rings. The van der Waals surface area contributed by atoms with E-state index in [0.717, 1.165) is 0 Å². The maximum atomic E-state index is 12.5. The number of anilines is 1. The monoisotopic (exact) mass is 421 g/mol. The van der Waals surface area contributed by atoms with Crippen LogP contribution in [0, 0.1) is 6.92 Å². The van der Waals surface area contributed by atoms with Gasteiger partial charge >= 0.3 is 6.18 Å². The number of amides is 1. The lowest BCUT2D eigenvalue weighted by Gasteiger charge is -2.14. The van der Waals surface area contributed by atoms with Crippen molar-refractivity contribution in [3.05, 3.63) is 66.3 Å². The predicted octanol–water partition coefficient (Wildman–Crippen LogP) is 5.16. The van der Waals surface area contributed by atoms with E-state index in [2.05, 4.69) is 11.9 Å². The Hall–Kier alpha value is -3.42. The highest BCUT2D eigenvalue weighted by Gasteiger charge is 2.29. The zero-order valence-corrected chi connectivity index (χ0v) is 16.6. The van der Waals surface area contributed by atoms with E-state index in [9.17, 15) is 18.0 Å². The third-order valence-electron chi connectivity index (χ3n) is 3.76. The second kappa shape index (κ2) is 10.4. The molecule has 1 N–H and O–H groups in total.